The van der Waals surface area contributed by atoms with Crippen LogP contribution in [0.2, 0.25) is 5.02 Å². The molecule has 26 heavy (non-hydrogen) atoms. The lowest BCUT2D eigenvalue weighted by atomic mass is 10.1. The van der Waals surface area contributed by atoms with Crippen molar-refractivity contribution in [3.8, 4) is 0 Å². The van der Waals surface area contributed by atoms with Gasteiger partial charge in [0.2, 0.25) is 0 Å². The predicted molar refractivity (Wildman–Crippen MR) is 102 cm³/mol. The van der Waals surface area contributed by atoms with Crippen LogP contribution in [0.1, 0.15) is 47.7 Å². The van der Waals surface area contributed by atoms with Gasteiger partial charge in [0.05, 0.1) is 16.6 Å². The average Bonchev–Trinajstić information content (AvgIpc) is 2.94. The summed E-state index contributed by atoms with van der Waals surface area (Å²) < 4.78 is 8.09. The minimum Gasteiger partial charge on any atom is -0.478 e. The van der Waals surface area contributed by atoms with E-state index in [1.54, 1.807) is 18.2 Å². The molecule has 0 saturated heterocycles. The molecule has 1 unspecified atom stereocenters. The van der Waals surface area contributed by atoms with Gasteiger partial charge in [-0.15, -0.1) is 0 Å². The molecule has 0 aliphatic rings. The molecule has 1 heterocycles. The number of benzene rings is 2. The molecule has 6 heteroatoms. The second-order valence-corrected chi connectivity index (χ2v) is 6.54. The minimum atomic E-state index is -0.974. The fraction of sp³-hybridized carbons (Fsp3) is 0.300. The van der Waals surface area contributed by atoms with E-state index in [1.165, 1.54) is 0 Å². The maximum atomic E-state index is 11.4. The van der Waals surface area contributed by atoms with Crippen LogP contribution in [-0.4, -0.2) is 27.2 Å². The number of ether oxygens (including phenoxy) is 1. The van der Waals surface area contributed by atoms with Crippen LogP contribution in [0.15, 0.2) is 42.5 Å². The largest absolute Gasteiger partial charge is 0.478 e. The zero-order valence-electron chi connectivity index (χ0n) is 14.8. The Morgan fingerprint density at radius 1 is 1.31 bits per heavy atom. The van der Waals surface area contributed by atoms with E-state index in [-0.39, 0.29) is 5.56 Å². The number of carboxylic acids is 1. The molecule has 136 valence electrons. The fourth-order valence-corrected chi connectivity index (χ4v) is 3.19. The van der Waals surface area contributed by atoms with Crippen molar-refractivity contribution in [3.63, 3.8) is 0 Å². The summed E-state index contributed by atoms with van der Waals surface area (Å²) in [5, 5.41) is 9.93. The summed E-state index contributed by atoms with van der Waals surface area (Å²) in [6, 6.07) is 12.4. The van der Waals surface area contributed by atoms with E-state index < -0.39 is 12.2 Å². The van der Waals surface area contributed by atoms with Crippen molar-refractivity contribution in [3.05, 3.63) is 64.4 Å². The fourth-order valence-electron chi connectivity index (χ4n) is 2.96. The summed E-state index contributed by atoms with van der Waals surface area (Å²) in [7, 11) is 0. The van der Waals surface area contributed by atoms with E-state index >= 15 is 0 Å². The number of aromatic nitrogens is 2. The van der Waals surface area contributed by atoms with Gasteiger partial charge in [0.25, 0.3) is 0 Å². The number of halogens is 1. The van der Waals surface area contributed by atoms with Crippen LogP contribution in [0.4, 0.5) is 0 Å². The van der Waals surface area contributed by atoms with Gasteiger partial charge in [-0.1, -0.05) is 43.1 Å². The van der Waals surface area contributed by atoms with E-state index in [4.69, 9.17) is 16.3 Å². The molecule has 0 bridgehead atoms. The Bertz CT molecular complexity index is 936. The van der Waals surface area contributed by atoms with Gasteiger partial charge in [0.1, 0.15) is 5.82 Å². The number of unbranched alkanes of at least 4 members (excludes halogenated alkanes) is 1. The van der Waals surface area contributed by atoms with Gasteiger partial charge in [-0.25, -0.2) is 9.78 Å². The molecular formula is C20H21ClN2O3. The molecular weight excluding hydrogens is 352 g/mol. The average molecular weight is 373 g/mol. The van der Waals surface area contributed by atoms with Gasteiger partial charge >= 0.3 is 5.97 Å². The van der Waals surface area contributed by atoms with Crippen LogP contribution >= 0.6 is 11.6 Å². The number of carboxylic acid groups (broad SMARTS) is 1. The number of hydrogen-bond acceptors (Lipinski definition) is 3. The summed E-state index contributed by atoms with van der Waals surface area (Å²) in [5.41, 5.74) is 2.48. The van der Waals surface area contributed by atoms with Crippen molar-refractivity contribution in [2.75, 3.05) is 6.61 Å². The van der Waals surface area contributed by atoms with Crippen LogP contribution in [0.25, 0.3) is 11.0 Å². The maximum Gasteiger partial charge on any atom is 0.335 e. The molecule has 3 aromatic rings. The van der Waals surface area contributed by atoms with Gasteiger partial charge in [0, 0.05) is 17.2 Å². The van der Waals surface area contributed by atoms with Gasteiger partial charge < -0.3 is 9.84 Å². The van der Waals surface area contributed by atoms with Gasteiger partial charge in [-0.3, -0.25) is 4.57 Å². The highest BCUT2D eigenvalue weighted by Gasteiger charge is 2.22. The first-order valence-corrected chi connectivity index (χ1v) is 8.98. The normalized spacial score (nSPS) is 12.4. The zero-order valence-corrected chi connectivity index (χ0v) is 15.5. The highest BCUT2D eigenvalue weighted by Crippen LogP contribution is 2.32. The molecule has 0 fully saturated rings. The molecule has 0 aliphatic heterocycles. The second-order valence-electron chi connectivity index (χ2n) is 6.14. The molecule has 0 aliphatic carbocycles. The van der Waals surface area contributed by atoms with Gasteiger partial charge in [-0.2, -0.15) is 0 Å². The van der Waals surface area contributed by atoms with Crippen LogP contribution in [0.5, 0.6) is 0 Å². The maximum absolute atomic E-state index is 11.4. The quantitative estimate of drug-likeness (QED) is 0.589. The van der Waals surface area contributed by atoms with E-state index in [1.807, 2.05) is 35.8 Å². The van der Waals surface area contributed by atoms with Gasteiger partial charge in [-0.05, 0) is 37.6 Å². The smallest absolute Gasteiger partial charge is 0.335 e. The molecule has 5 nitrogen and oxygen atoms in total. The first-order valence-electron chi connectivity index (χ1n) is 8.60. The van der Waals surface area contributed by atoms with Crippen LogP contribution < -0.4 is 0 Å². The van der Waals surface area contributed by atoms with E-state index in [0.29, 0.717) is 17.1 Å². The van der Waals surface area contributed by atoms with Crippen molar-refractivity contribution in [2.45, 2.75) is 32.9 Å². The van der Waals surface area contributed by atoms with Crippen LogP contribution in [0, 0.1) is 6.92 Å². The molecule has 0 saturated carbocycles. The van der Waals surface area contributed by atoms with Crippen molar-refractivity contribution >= 4 is 28.6 Å². The third-order valence-corrected chi connectivity index (χ3v) is 4.64. The van der Waals surface area contributed by atoms with Crippen molar-refractivity contribution in [2.24, 2.45) is 0 Å². The lowest BCUT2D eigenvalue weighted by Gasteiger charge is -2.23. The lowest BCUT2D eigenvalue weighted by molar-refractivity contribution is 0.0317. The Morgan fingerprint density at radius 2 is 2.08 bits per heavy atom. The lowest BCUT2D eigenvalue weighted by Crippen LogP contribution is -2.17. The molecule has 1 atom stereocenters. The summed E-state index contributed by atoms with van der Waals surface area (Å²) in [6.45, 7) is 4.56. The van der Waals surface area contributed by atoms with Gasteiger partial charge in [0.15, 0.2) is 6.23 Å². The molecule has 2 aromatic carbocycles. The Balaban J connectivity index is 2.16. The Morgan fingerprint density at radius 3 is 2.77 bits per heavy atom. The van der Waals surface area contributed by atoms with Crippen molar-refractivity contribution in [1.29, 1.82) is 0 Å². The van der Waals surface area contributed by atoms with E-state index in [9.17, 15) is 9.90 Å². The first-order chi connectivity index (χ1) is 12.5. The summed E-state index contributed by atoms with van der Waals surface area (Å²) in [4.78, 5) is 16.0. The monoisotopic (exact) mass is 372 g/mol. The topological polar surface area (TPSA) is 64.4 Å². The number of fused-ring (bicyclic) bond motifs is 1. The summed E-state index contributed by atoms with van der Waals surface area (Å²) >= 11 is 6.43. The summed E-state index contributed by atoms with van der Waals surface area (Å²) in [5.74, 6) is -0.234. The number of rotatable bonds is 7. The SMILES string of the molecule is CCCCOC(c1ccccc1Cl)n1c(C)nc2ccc(C(=O)O)cc21. The molecule has 0 amide bonds. The molecule has 1 N–H and O–H groups in total. The highest BCUT2D eigenvalue weighted by molar-refractivity contribution is 6.31. The molecule has 0 spiro atoms. The Labute approximate surface area is 157 Å². The first kappa shape index (κ1) is 18.4. The number of carbonyl (C=O) groups is 1. The number of hydrogen-bond donors (Lipinski definition) is 1. The molecule has 3 rings (SSSR count). The van der Waals surface area contributed by atoms with Crippen molar-refractivity contribution < 1.29 is 14.6 Å². The predicted octanol–water partition coefficient (Wildman–Crippen LogP) is 5.06. The standard InChI is InChI=1S/C20H21ClN2O3/c1-3-4-11-26-19(15-7-5-6-8-16(15)21)23-13(2)22-17-10-9-14(20(24)25)12-18(17)23/h5-10,12,19H,3-4,11H2,1-2H3,(H,24,25). The number of aryl methyl sites for hydroxylation is 1. The third-order valence-electron chi connectivity index (χ3n) is 4.29. The number of imidazole rings is 1. The van der Waals surface area contributed by atoms with Crippen molar-refractivity contribution in [1.82, 2.24) is 9.55 Å². The highest BCUT2D eigenvalue weighted by atomic mass is 35.5. The molecule has 0 radical (unpaired) electrons. The van der Waals surface area contributed by atoms with E-state index in [2.05, 4.69) is 11.9 Å². The zero-order chi connectivity index (χ0) is 18.7. The number of nitrogens with zero attached hydrogens (tertiary/aromatic N) is 2. The van der Waals surface area contributed by atoms with Crippen LogP contribution in [0.3, 0.4) is 0 Å². The Kier molecular flexibility index (Phi) is 5.59. The van der Waals surface area contributed by atoms with Crippen LogP contribution in [-0.2, 0) is 4.74 Å². The number of aromatic carboxylic acids is 1. The molecule has 1 aromatic heterocycles. The summed E-state index contributed by atoms with van der Waals surface area (Å²) in [6.07, 6.45) is 1.47. The Hall–Kier alpha value is -2.37. The van der Waals surface area contributed by atoms with E-state index in [0.717, 1.165) is 29.7 Å². The minimum absolute atomic E-state index is 0.213. The third kappa shape index (κ3) is 3.59. The second kappa shape index (κ2) is 7.89.